The Hall–Kier alpha value is -2.78. The average Bonchev–Trinajstić information content (AvgIpc) is 3.37. The summed E-state index contributed by atoms with van der Waals surface area (Å²) in [6.07, 6.45) is 5.94. The number of hydrogen-bond acceptors (Lipinski definition) is 6. The fourth-order valence-corrected chi connectivity index (χ4v) is 4.84. The molecule has 0 amide bonds. The van der Waals surface area contributed by atoms with E-state index in [1.54, 1.807) is 16.8 Å². The number of nitrogens with zero attached hydrogens (tertiary/aromatic N) is 6. The molecule has 2 fully saturated rings. The molecule has 0 aromatic carbocycles. The zero-order valence-electron chi connectivity index (χ0n) is 17.1. The summed E-state index contributed by atoms with van der Waals surface area (Å²) in [7, 11) is 0. The highest BCUT2D eigenvalue weighted by molar-refractivity contribution is 5.50. The predicted octanol–water partition coefficient (Wildman–Crippen LogP) is 3.36. The van der Waals surface area contributed by atoms with Gasteiger partial charge in [0.15, 0.2) is 5.65 Å². The van der Waals surface area contributed by atoms with Gasteiger partial charge < -0.3 is 10.2 Å². The van der Waals surface area contributed by atoms with Crippen molar-refractivity contribution in [2.45, 2.75) is 76.4 Å². The number of alkyl halides is 2. The highest BCUT2D eigenvalue weighted by atomic mass is 19.3. The molecule has 5 heterocycles. The molecule has 2 bridgehead atoms. The Bertz CT molecular complexity index is 1010. The molecule has 8 nitrogen and oxygen atoms in total. The second-order valence-electron chi connectivity index (χ2n) is 8.62. The van der Waals surface area contributed by atoms with Gasteiger partial charge in [0.25, 0.3) is 0 Å². The quantitative estimate of drug-likeness (QED) is 0.641. The van der Waals surface area contributed by atoms with Crippen LogP contribution in [0.5, 0.6) is 0 Å². The number of fused-ring (bicyclic) bond motifs is 3. The second kappa shape index (κ2) is 7.17. The van der Waals surface area contributed by atoms with Crippen molar-refractivity contribution >= 4 is 17.4 Å². The summed E-state index contributed by atoms with van der Waals surface area (Å²) in [6, 6.07) is 4.83. The van der Waals surface area contributed by atoms with Gasteiger partial charge in [-0.25, -0.2) is 13.8 Å². The molecule has 2 saturated heterocycles. The van der Waals surface area contributed by atoms with Crippen molar-refractivity contribution in [1.82, 2.24) is 29.8 Å². The van der Waals surface area contributed by atoms with Crippen molar-refractivity contribution < 1.29 is 8.78 Å². The molecule has 0 radical (unpaired) electrons. The lowest BCUT2D eigenvalue weighted by molar-refractivity contribution is 0.0130. The zero-order valence-corrected chi connectivity index (χ0v) is 17.1. The molecule has 1 unspecified atom stereocenters. The van der Waals surface area contributed by atoms with Crippen molar-refractivity contribution in [3.63, 3.8) is 0 Å². The Morgan fingerprint density at radius 1 is 1.23 bits per heavy atom. The van der Waals surface area contributed by atoms with E-state index >= 15 is 0 Å². The molecule has 2 aliphatic heterocycles. The van der Waals surface area contributed by atoms with Gasteiger partial charge in [0.1, 0.15) is 11.6 Å². The smallest absolute Gasteiger partial charge is 0.245 e. The first kappa shape index (κ1) is 19.2. The number of H-pyrrole nitrogens is 1. The van der Waals surface area contributed by atoms with Crippen LogP contribution in [0, 0.1) is 6.92 Å². The maximum atomic E-state index is 13.3. The number of aromatic amines is 1. The molecule has 0 saturated carbocycles. The fourth-order valence-electron chi connectivity index (χ4n) is 4.84. The lowest BCUT2D eigenvalue weighted by Gasteiger charge is -2.39. The number of aryl methyl sites for hydroxylation is 2. The van der Waals surface area contributed by atoms with Gasteiger partial charge in [0.2, 0.25) is 11.9 Å². The minimum Gasteiger partial charge on any atom is -0.368 e. The van der Waals surface area contributed by atoms with Crippen molar-refractivity contribution in [2.75, 3.05) is 10.2 Å². The van der Waals surface area contributed by atoms with Gasteiger partial charge in [-0.3, -0.25) is 5.10 Å². The van der Waals surface area contributed by atoms with Crippen molar-refractivity contribution in [1.29, 1.82) is 0 Å². The van der Waals surface area contributed by atoms with E-state index in [0.29, 0.717) is 35.3 Å². The highest BCUT2D eigenvalue weighted by Gasteiger charge is 2.42. The van der Waals surface area contributed by atoms with E-state index in [4.69, 9.17) is 4.98 Å². The maximum absolute atomic E-state index is 13.3. The summed E-state index contributed by atoms with van der Waals surface area (Å²) in [6.45, 7) is 2.81. The SMILES string of the molecule is Cc1nc(N2[C@@H]3CC[C@H]2CC(Nc2ccn[nH]2)C3)n2nc(CCC(C)(F)F)cc2n1. The van der Waals surface area contributed by atoms with E-state index in [-0.39, 0.29) is 12.8 Å². The van der Waals surface area contributed by atoms with E-state index in [0.717, 1.165) is 44.4 Å². The first-order chi connectivity index (χ1) is 14.4. The van der Waals surface area contributed by atoms with Gasteiger partial charge in [-0.05, 0) is 52.0 Å². The average molecular weight is 416 g/mol. The van der Waals surface area contributed by atoms with Crippen LogP contribution in [0.4, 0.5) is 20.5 Å². The second-order valence-corrected chi connectivity index (χ2v) is 8.62. The van der Waals surface area contributed by atoms with Gasteiger partial charge in [-0.1, -0.05) is 0 Å². The van der Waals surface area contributed by atoms with Crippen LogP contribution in [-0.2, 0) is 6.42 Å². The van der Waals surface area contributed by atoms with Crippen LogP contribution < -0.4 is 10.2 Å². The minimum absolute atomic E-state index is 0.217. The first-order valence-corrected chi connectivity index (χ1v) is 10.5. The van der Waals surface area contributed by atoms with Crippen LogP contribution in [0.2, 0.25) is 0 Å². The molecule has 3 aromatic heterocycles. The third-order valence-electron chi connectivity index (χ3n) is 6.11. The molecule has 160 valence electrons. The number of anilines is 2. The molecular formula is C20H26F2N8. The van der Waals surface area contributed by atoms with Crippen molar-refractivity contribution in [2.24, 2.45) is 0 Å². The lowest BCUT2D eigenvalue weighted by atomic mass is 9.97. The Kier molecular flexibility index (Phi) is 4.59. The third-order valence-corrected chi connectivity index (χ3v) is 6.11. The third kappa shape index (κ3) is 3.70. The summed E-state index contributed by atoms with van der Waals surface area (Å²) in [5.74, 6) is -0.318. The summed E-state index contributed by atoms with van der Waals surface area (Å²) >= 11 is 0. The summed E-state index contributed by atoms with van der Waals surface area (Å²) < 4.78 is 28.3. The number of aromatic nitrogens is 6. The van der Waals surface area contributed by atoms with Crippen LogP contribution in [0.1, 0.15) is 50.5 Å². The summed E-state index contributed by atoms with van der Waals surface area (Å²) in [4.78, 5) is 11.6. The fraction of sp³-hybridized carbons (Fsp3) is 0.600. The molecule has 30 heavy (non-hydrogen) atoms. The van der Waals surface area contributed by atoms with Gasteiger partial charge in [0.05, 0.1) is 11.9 Å². The highest BCUT2D eigenvalue weighted by Crippen LogP contribution is 2.39. The molecule has 0 spiro atoms. The van der Waals surface area contributed by atoms with Crippen molar-refractivity contribution in [3.05, 3.63) is 29.8 Å². The zero-order chi connectivity index (χ0) is 20.9. The van der Waals surface area contributed by atoms with E-state index in [1.807, 2.05) is 13.0 Å². The molecule has 5 rings (SSSR count). The minimum atomic E-state index is -2.71. The topological polar surface area (TPSA) is 87.0 Å². The Morgan fingerprint density at radius 2 is 2.00 bits per heavy atom. The summed E-state index contributed by atoms with van der Waals surface area (Å²) in [5, 5.41) is 15.1. The van der Waals surface area contributed by atoms with Crippen LogP contribution in [0.15, 0.2) is 18.3 Å². The Labute approximate surface area is 173 Å². The van der Waals surface area contributed by atoms with Gasteiger partial charge in [-0.15, -0.1) is 0 Å². The van der Waals surface area contributed by atoms with Crippen LogP contribution in [-0.4, -0.2) is 53.8 Å². The molecule has 0 aliphatic carbocycles. The Balaban J connectivity index is 1.41. The number of nitrogens with one attached hydrogen (secondary N) is 2. The molecule has 2 aliphatic rings. The van der Waals surface area contributed by atoms with Gasteiger partial charge in [0, 0.05) is 30.6 Å². The van der Waals surface area contributed by atoms with E-state index < -0.39 is 5.92 Å². The number of rotatable bonds is 6. The van der Waals surface area contributed by atoms with Gasteiger partial charge >= 0.3 is 0 Å². The van der Waals surface area contributed by atoms with E-state index in [1.165, 1.54) is 0 Å². The molecular weight excluding hydrogens is 390 g/mol. The summed E-state index contributed by atoms with van der Waals surface area (Å²) in [5.41, 5.74) is 1.30. The van der Waals surface area contributed by atoms with E-state index in [2.05, 4.69) is 30.5 Å². The maximum Gasteiger partial charge on any atom is 0.245 e. The lowest BCUT2D eigenvalue weighted by Crippen LogP contribution is -2.48. The molecule has 2 N–H and O–H groups in total. The predicted molar refractivity (Wildman–Crippen MR) is 109 cm³/mol. The number of halogens is 2. The molecule has 10 heteroatoms. The van der Waals surface area contributed by atoms with Gasteiger partial charge in [-0.2, -0.15) is 19.7 Å². The van der Waals surface area contributed by atoms with Crippen LogP contribution in [0.25, 0.3) is 5.65 Å². The monoisotopic (exact) mass is 416 g/mol. The largest absolute Gasteiger partial charge is 0.368 e. The molecule has 3 aromatic rings. The standard InChI is InChI=1S/C20H26F2N8/c1-12-24-18-11-13(5-7-20(2,21)22)28-30(18)19(25-12)29-15-3-4-16(29)10-14(9-15)26-17-6-8-23-27-17/h6,8,11,14-16H,3-5,7,9-10H2,1-2H3,(H2,23,26,27)/t14?,15-,16+. The van der Waals surface area contributed by atoms with E-state index in [9.17, 15) is 8.78 Å². The Morgan fingerprint density at radius 3 is 2.67 bits per heavy atom. The first-order valence-electron chi connectivity index (χ1n) is 10.5. The molecule has 3 atom stereocenters. The normalized spacial score (nSPS) is 24.0. The van der Waals surface area contributed by atoms with Crippen molar-refractivity contribution in [3.8, 4) is 0 Å². The van der Waals surface area contributed by atoms with Crippen LogP contribution in [0.3, 0.4) is 0 Å². The van der Waals surface area contributed by atoms with Crippen LogP contribution >= 0.6 is 0 Å². The number of piperidine rings is 1. The number of hydrogen-bond donors (Lipinski definition) is 2.